The molecule has 0 saturated heterocycles. The molecule has 0 aromatic carbocycles. The van der Waals surface area contributed by atoms with Crippen LogP contribution in [0.1, 0.15) is 34.6 Å². The first kappa shape index (κ1) is 11.8. The van der Waals surface area contributed by atoms with E-state index in [4.69, 9.17) is 15.9 Å². The lowest BCUT2D eigenvalue weighted by atomic mass is 10.1. The van der Waals surface area contributed by atoms with Crippen LogP contribution >= 0.6 is 0 Å². The molecule has 0 aliphatic rings. The van der Waals surface area contributed by atoms with Crippen molar-refractivity contribution >= 4 is 6.16 Å². The van der Waals surface area contributed by atoms with E-state index in [-0.39, 0.29) is 0 Å². The van der Waals surface area contributed by atoms with Gasteiger partial charge in [0.1, 0.15) is 5.60 Å². The molecular weight excluding hydrogens is 168 g/mol. The van der Waals surface area contributed by atoms with Gasteiger partial charge in [0.2, 0.25) is 0 Å². The molecule has 3 heteroatoms. The second-order valence-corrected chi connectivity index (χ2v) is 4.22. The van der Waals surface area contributed by atoms with E-state index in [9.17, 15) is 4.79 Å². The van der Waals surface area contributed by atoms with Crippen LogP contribution in [-0.4, -0.2) is 17.4 Å². The van der Waals surface area contributed by atoms with Crippen LogP contribution in [0.25, 0.3) is 0 Å². The summed E-state index contributed by atoms with van der Waals surface area (Å²) in [6.07, 6.45) is 4.40. The minimum absolute atomic E-state index is 0.554. The maximum Gasteiger partial charge on any atom is 0.510 e. The zero-order valence-electron chi connectivity index (χ0n) is 8.80. The fourth-order valence-electron chi connectivity index (χ4n) is 0.509. The Morgan fingerprint density at radius 1 is 1.15 bits per heavy atom. The molecule has 0 spiro atoms. The number of hydrogen-bond donors (Lipinski definition) is 0. The average molecular weight is 184 g/mol. The summed E-state index contributed by atoms with van der Waals surface area (Å²) in [5.74, 6) is 2.33. The molecule has 0 heterocycles. The van der Waals surface area contributed by atoms with E-state index in [0.717, 1.165) is 0 Å². The molecule has 0 fully saturated rings. The predicted molar refractivity (Wildman–Crippen MR) is 50.2 cm³/mol. The van der Waals surface area contributed by atoms with Gasteiger partial charge in [-0.1, -0.05) is 5.92 Å². The van der Waals surface area contributed by atoms with Crippen LogP contribution in [0.3, 0.4) is 0 Å². The van der Waals surface area contributed by atoms with Gasteiger partial charge in [0.25, 0.3) is 0 Å². The summed E-state index contributed by atoms with van der Waals surface area (Å²) in [6, 6.07) is 0. The summed E-state index contributed by atoms with van der Waals surface area (Å²) >= 11 is 0. The van der Waals surface area contributed by atoms with Crippen molar-refractivity contribution in [3.05, 3.63) is 0 Å². The van der Waals surface area contributed by atoms with E-state index in [0.29, 0.717) is 0 Å². The molecule has 0 saturated carbocycles. The van der Waals surface area contributed by atoms with Gasteiger partial charge in [-0.25, -0.2) is 4.79 Å². The van der Waals surface area contributed by atoms with E-state index in [1.54, 1.807) is 34.6 Å². The van der Waals surface area contributed by atoms with E-state index in [1.165, 1.54) is 0 Å². The van der Waals surface area contributed by atoms with E-state index in [1.807, 2.05) is 0 Å². The van der Waals surface area contributed by atoms with Crippen LogP contribution < -0.4 is 0 Å². The van der Waals surface area contributed by atoms with E-state index < -0.39 is 17.4 Å². The summed E-state index contributed by atoms with van der Waals surface area (Å²) in [4.78, 5) is 11.1. The normalized spacial score (nSPS) is 11.7. The number of rotatable bonds is 1. The molecule has 0 bridgehead atoms. The first-order chi connectivity index (χ1) is 5.66. The zero-order valence-corrected chi connectivity index (χ0v) is 8.80. The minimum Gasteiger partial charge on any atom is -0.429 e. The molecule has 74 valence electrons. The number of carbonyl (C=O) groups excluding carboxylic acids is 1. The summed E-state index contributed by atoms with van der Waals surface area (Å²) in [6.45, 7) is 8.53. The summed E-state index contributed by atoms with van der Waals surface area (Å²) < 4.78 is 9.78. The lowest BCUT2D eigenvalue weighted by Crippen LogP contribution is -2.31. The highest BCUT2D eigenvalue weighted by Crippen LogP contribution is 2.13. The highest BCUT2D eigenvalue weighted by Gasteiger charge is 2.24. The third kappa shape index (κ3) is 6.03. The van der Waals surface area contributed by atoms with Gasteiger partial charge in [-0.05, 0) is 34.6 Å². The number of carbonyl (C=O) groups is 1. The summed E-state index contributed by atoms with van der Waals surface area (Å²) in [5, 5.41) is 0. The van der Waals surface area contributed by atoms with Gasteiger partial charge < -0.3 is 9.47 Å². The standard InChI is InChI=1S/C10H16O3/c1-7-10(5,6)13-8(11)12-9(2,3)4/h1H,2-6H3. The quantitative estimate of drug-likeness (QED) is 0.463. The molecule has 0 unspecified atom stereocenters. The molecule has 0 N–H and O–H groups in total. The van der Waals surface area contributed by atoms with Gasteiger partial charge in [-0.3, -0.25) is 0 Å². The van der Waals surface area contributed by atoms with Crippen LogP contribution in [0.15, 0.2) is 0 Å². The van der Waals surface area contributed by atoms with Gasteiger partial charge in [-0.15, -0.1) is 6.42 Å². The van der Waals surface area contributed by atoms with Gasteiger partial charge in [-0.2, -0.15) is 0 Å². The van der Waals surface area contributed by atoms with Gasteiger partial charge in [0.05, 0.1) is 0 Å². The number of ether oxygens (including phenoxy) is 2. The van der Waals surface area contributed by atoms with Gasteiger partial charge >= 0.3 is 6.16 Å². The largest absolute Gasteiger partial charge is 0.510 e. The van der Waals surface area contributed by atoms with Crippen molar-refractivity contribution in [2.45, 2.75) is 45.8 Å². The molecule has 3 nitrogen and oxygen atoms in total. The minimum atomic E-state index is -0.914. The van der Waals surface area contributed by atoms with Crippen molar-refractivity contribution in [1.29, 1.82) is 0 Å². The fourth-order valence-corrected chi connectivity index (χ4v) is 0.509. The van der Waals surface area contributed by atoms with Crippen LogP contribution in [0.5, 0.6) is 0 Å². The Balaban J connectivity index is 4.13. The van der Waals surface area contributed by atoms with E-state index >= 15 is 0 Å². The zero-order chi connectivity index (χ0) is 10.7. The van der Waals surface area contributed by atoms with Crippen molar-refractivity contribution in [3.8, 4) is 12.3 Å². The lowest BCUT2D eigenvalue weighted by molar-refractivity contribution is -0.0356. The first-order valence-electron chi connectivity index (χ1n) is 4.06. The molecule has 0 radical (unpaired) electrons. The highest BCUT2D eigenvalue weighted by atomic mass is 16.7. The highest BCUT2D eigenvalue weighted by molar-refractivity contribution is 5.61. The summed E-state index contributed by atoms with van der Waals surface area (Å²) in [7, 11) is 0. The maximum atomic E-state index is 11.1. The topological polar surface area (TPSA) is 35.5 Å². The molecule has 0 aliphatic carbocycles. The van der Waals surface area contributed by atoms with Crippen LogP contribution in [0.4, 0.5) is 4.79 Å². The van der Waals surface area contributed by atoms with E-state index in [2.05, 4.69) is 5.92 Å². The van der Waals surface area contributed by atoms with Crippen molar-refractivity contribution in [1.82, 2.24) is 0 Å². The van der Waals surface area contributed by atoms with Crippen LogP contribution in [0, 0.1) is 12.3 Å². The molecule has 0 aliphatic heterocycles. The maximum absolute atomic E-state index is 11.1. The molecule has 0 aromatic rings. The number of hydrogen-bond acceptors (Lipinski definition) is 3. The van der Waals surface area contributed by atoms with Gasteiger partial charge in [0.15, 0.2) is 5.60 Å². The van der Waals surface area contributed by atoms with Gasteiger partial charge in [0, 0.05) is 0 Å². The Morgan fingerprint density at radius 3 is 1.92 bits per heavy atom. The third-order valence-electron chi connectivity index (χ3n) is 1.08. The summed E-state index contributed by atoms with van der Waals surface area (Å²) in [5.41, 5.74) is -1.47. The molecule has 0 aromatic heterocycles. The van der Waals surface area contributed by atoms with Crippen LogP contribution in [0.2, 0.25) is 0 Å². The molecule has 13 heavy (non-hydrogen) atoms. The van der Waals surface area contributed by atoms with Crippen molar-refractivity contribution < 1.29 is 14.3 Å². The second-order valence-electron chi connectivity index (χ2n) is 4.22. The Kier molecular flexibility index (Phi) is 3.36. The number of terminal acetylenes is 1. The fraction of sp³-hybridized carbons (Fsp3) is 0.700. The Labute approximate surface area is 79.4 Å². The van der Waals surface area contributed by atoms with Crippen molar-refractivity contribution in [2.24, 2.45) is 0 Å². The Hall–Kier alpha value is -1.17. The predicted octanol–water partition coefficient (Wildman–Crippen LogP) is 2.35. The van der Waals surface area contributed by atoms with Crippen LogP contribution in [-0.2, 0) is 9.47 Å². The SMILES string of the molecule is C#CC(C)(C)OC(=O)OC(C)(C)C. The molecule has 0 atom stereocenters. The van der Waals surface area contributed by atoms with Crippen molar-refractivity contribution in [2.75, 3.05) is 0 Å². The molecule has 0 rings (SSSR count). The third-order valence-corrected chi connectivity index (χ3v) is 1.08. The average Bonchev–Trinajstić information content (AvgIpc) is 1.81. The monoisotopic (exact) mass is 184 g/mol. The van der Waals surface area contributed by atoms with Crippen molar-refractivity contribution in [3.63, 3.8) is 0 Å². The smallest absolute Gasteiger partial charge is 0.429 e. The first-order valence-corrected chi connectivity index (χ1v) is 4.06. The second kappa shape index (κ2) is 3.69. The Bertz CT molecular complexity index is 228. The Morgan fingerprint density at radius 2 is 1.62 bits per heavy atom. The lowest BCUT2D eigenvalue weighted by Gasteiger charge is -2.23. The molecule has 0 amide bonds. The molecular formula is C10H16O3.